The highest BCUT2D eigenvalue weighted by Gasteiger charge is 2.29. The standard InChI is InChI=1S/C10H16N3O/c1-8(11)13(2,14-3)10-6-4-9(12)5-7-10/h4-7,11H,12H2,1-3H3/q+1. The molecule has 0 saturated carbocycles. The van der Waals surface area contributed by atoms with Crippen molar-refractivity contribution in [3.05, 3.63) is 24.3 Å². The van der Waals surface area contributed by atoms with Gasteiger partial charge in [-0.3, -0.25) is 5.41 Å². The van der Waals surface area contributed by atoms with Gasteiger partial charge in [-0.1, -0.05) is 0 Å². The Morgan fingerprint density at radius 3 is 2.21 bits per heavy atom. The van der Waals surface area contributed by atoms with Crippen LogP contribution in [0.4, 0.5) is 11.4 Å². The lowest BCUT2D eigenvalue weighted by molar-refractivity contribution is -0.0353. The number of anilines is 1. The van der Waals surface area contributed by atoms with Crippen LogP contribution in [0.3, 0.4) is 0 Å². The topological polar surface area (TPSA) is 59.1 Å². The number of nitrogen functional groups attached to an aromatic ring is 1. The fourth-order valence-corrected chi connectivity index (χ4v) is 1.19. The molecule has 0 aliphatic rings. The molecule has 4 nitrogen and oxygen atoms in total. The summed E-state index contributed by atoms with van der Waals surface area (Å²) in [7, 11) is 3.39. The lowest BCUT2D eigenvalue weighted by Gasteiger charge is -2.27. The van der Waals surface area contributed by atoms with Crippen molar-refractivity contribution in [2.75, 3.05) is 19.9 Å². The Morgan fingerprint density at radius 1 is 1.36 bits per heavy atom. The number of hydroxylamine groups is 2. The van der Waals surface area contributed by atoms with Gasteiger partial charge in [-0.25, -0.2) is 0 Å². The predicted octanol–water partition coefficient (Wildman–Crippen LogP) is 1.76. The van der Waals surface area contributed by atoms with Gasteiger partial charge in [0.1, 0.15) is 7.05 Å². The fourth-order valence-electron chi connectivity index (χ4n) is 1.19. The number of hydrogen-bond donors (Lipinski definition) is 2. The van der Waals surface area contributed by atoms with Crippen molar-refractivity contribution in [1.82, 2.24) is 4.65 Å². The molecule has 1 unspecified atom stereocenters. The molecule has 0 fully saturated rings. The second kappa shape index (κ2) is 3.77. The molecule has 0 heterocycles. The Bertz CT molecular complexity index is 334. The third-order valence-corrected chi connectivity index (χ3v) is 2.39. The number of rotatable bonds is 2. The van der Waals surface area contributed by atoms with Crippen molar-refractivity contribution in [2.45, 2.75) is 6.92 Å². The molecule has 1 aromatic carbocycles. The second-order valence-corrected chi connectivity index (χ2v) is 3.28. The van der Waals surface area contributed by atoms with Crippen molar-refractivity contribution in [1.29, 1.82) is 5.41 Å². The number of benzene rings is 1. The van der Waals surface area contributed by atoms with Gasteiger partial charge in [0.25, 0.3) is 0 Å². The second-order valence-electron chi connectivity index (χ2n) is 3.28. The van der Waals surface area contributed by atoms with E-state index in [2.05, 4.69) is 0 Å². The summed E-state index contributed by atoms with van der Waals surface area (Å²) in [5.74, 6) is 0.414. The number of quaternary nitrogens is 1. The molecule has 14 heavy (non-hydrogen) atoms. The first-order valence-corrected chi connectivity index (χ1v) is 4.35. The molecule has 4 heteroatoms. The number of hydrogen-bond acceptors (Lipinski definition) is 3. The molecule has 0 aromatic heterocycles. The van der Waals surface area contributed by atoms with E-state index in [9.17, 15) is 0 Å². The lowest BCUT2D eigenvalue weighted by Crippen LogP contribution is -2.47. The smallest absolute Gasteiger partial charge is 0.230 e. The van der Waals surface area contributed by atoms with E-state index >= 15 is 0 Å². The van der Waals surface area contributed by atoms with Crippen molar-refractivity contribution in [3.8, 4) is 0 Å². The van der Waals surface area contributed by atoms with Crippen LogP contribution >= 0.6 is 0 Å². The Kier molecular flexibility index (Phi) is 2.88. The monoisotopic (exact) mass is 194 g/mol. The third-order valence-electron chi connectivity index (χ3n) is 2.39. The van der Waals surface area contributed by atoms with Gasteiger partial charge in [0, 0.05) is 24.7 Å². The van der Waals surface area contributed by atoms with Crippen LogP contribution in [0, 0.1) is 5.41 Å². The van der Waals surface area contributed by atoms with E-state index < -0.39 is 0 Å². The summed E-state index contributed by atoms with van der Waals surface area (Å²) in [6, 6.07) is 7.31. The van der Waals surface area contributed by atoms with E-state index in [1.807, 2.05) is 19.2 Å². The molecule has 0 aliphatic heterocycles. The van der Waals surface area contributed by atoms with E-state index in [-0.39, 0.29) is 4.65 Å². The van der Waals surface area contributed by atoms with Gasteiger partial charge in [-0.15, -0.1) is 4.65 Å². The maximum absolute atomic E-state index is 7.66. The summed E-state index contributed by atoms with van der Waals surface area (Å²) in [6.45, 7) is 1.71. The van der Waals surface area contributed by atoms with Gasteiger partial charge in [0.2, 0.25) is 5.84 Å². The molecule has 0 amide bonds. The zero-order valence-corrected chi connectivity index (χ0v) is 8.74. The predicted molar refractivity (Wildman–Crippen MR) is 59.0 cm³/mol. The minimum absolute atomic E-state index is 0.0419. The SMILES string of the molecule is CO[N+](C)(C(C)=N)c1ccc(N)cc1. The quantitative estimate of drug-likeness (QED) is 0.248. The summed E-state index contributed by atoms with van der Waals surface area (Å²) in [5, 5.41) is 7.66. The molecule has 0 bridgehead atoms. The Labute approximate surface area is 84.0 Å². The highest BCUT2D eigenvalue weighted by atomic mass is 16.7. The maximum atomic E-state index is 7.66. The minimum atomic E-state index is 0.0419. The molecule has 0 spiro atoms. The van der Waals surface area contributed by atoms with E-state index in [1.54, 1.807) is 26.2 Å². The number of nitrogens with one attached hydrogen (secondary N) is 1. The molecule has 0 radical (unpaired) electrons. The minimum Gasteiger partial charge on any atom is -0.399 e. The van der Waals surface area contributed by atoms with Gasteiger partial charge in [-0.05, 0) is 12.1 Å². The molecule has 1 aromatic rings. The molecule has 76 valence electrons. The largest absolute Gasteiger partial charge is 0.399 e. The Morgan fingerprint density at radius 2 is 1.86 bits per heavy atom. The summed E-state index contributed by atoms with van der Waals surface area (Å²) in [4.78, 5) is 5.30. The van der Waals surface area contributed by atoms with Gasteiger partial charge < -0.3 is 5.73 Å². The molecule has 0 saturated heterocycles. The summed E-state index contributed by atoms with van der Waals surface area (Å²) in [5.41, 5.74) is 7.18. The molecule has 0 aliphatic carbocycles. The number of nitrogens with two attached hydrogens (primary N) is 1. The van der Waals surface area contributed by atoms with Gasteiger partial charge in [0.05, 0.1) is 7.11 Å². The van der Waals surface area contributed by atoms with Crippen molar-refractivity contribution >= 4 is 17.2 Å². The highest BCUT2D eigenvalue weighted by molar-refractivity contribution is 5.86. The lowest BCUT2D eigenvalue weighted by atomic mass is 10.2. The van der Waals surface area contributed by atoms with Gasteiger partial charge in [0.15, 0.2) is 5.69 Å². The van der Waals surface area contributed by atoms with Crippen LogP contribution in [-0.2, 0) is 4.84 Å². The van der Waals surface area contributed by atoms with Crippen molar-refractivity contribution < 1.29 is 4.84 Å². The molecular weight excluding hydrogens is 178 g/mol. The first-order chi connectivity index (χ1) is 6.50. The molecular formula is C10H16N3O+. The average molecular weight is 194 g/mol. The Balaban J connectivity index is 3.13. The van der Waals surface area contributed by atoms with E-state index in [0.717, 1.165) is 5.69 Å². The van der Waals surface area contributed by atoms with Gasteiger partial charge >= 0.3 is 0 Å². The van der Waals surface area contributed by atoms with Crippen LogP contribution < -0.4 is 10.4 Å². The summed E-state index contributed by atoms with van der Waals surface area (Å²) < 4.78 is 0.0419. The first kappa shape index (κ1) is 10.7. The van der Waals surface area contributed by atoms with Gasteiger partial charge in [-0.2, -0.15) is 4.84 Å². The first-order valence-electron chi connectivity index (χ1n) is 4.35. The molecule has 3 N–H and O–H groups in total. The zero-order valence-electron chi connectivity index (χ0n) is 8.74. The number of nitrogens with zero attached hydrogens (tertiary/aromatic N) is 1. The Hall–Kier alpha value is -1.39. The third kappa shape index (κ3) is 1.76. The van der Waals surface area contributed by atoms with E-state index in [1.165, 1.54) is 0 Å². The number of amidine groups is 1. The average Bonchev–Trinajstić information content (AvgIpc) is 2.17. The van der Waals surface area contributed by atoms with Crippen LogP contribution in [-0.4, -0.2) is 20.0 Å². The van der Waals surface area contributed by atoms with Crippen LogP contribution in [0.1, 0.15) is 6.92 Å². The van der Waals surface area contributed by atoms with E-state index in [4.69, 9.17) is 16.0 Å². The van der Waals surface area contributed by atoms with Crippen LogP contribution in [0.25, 0.3) is 0 Å². The molecule has 1 atom stereocenters. The highest BCUT2D eigenvalue weighted by Crippen LogP contribution is 2.22. The zero-order chi connectivity index (χ0) is 10.8. The summed E-state index contributed by atoms with van der Waals surface area (Å²) in [6.07, 6.45) is 0. The van der Waals surface area contributed by atoms with Crippen LogP contribution in [0.2, 0.25) is 0 Å². The van der Waals surface area contributed by atoms with Crippen molar-refractivity contribution in [2.24, 2.45) is 0 Å². The fraction of sp³-hybridized carbons (Fsp3) is 0.300. The maximum Gasteiger partial charge on any atom is 0.230 e. The van der Waals surface area contributed by atoms with Crippen molar-refractivity contribution in [3.63, 3.8) is 0 Å². The summed E-state index contributed by atoms with van der Waals surface area (Å²) >= 11 is 0. The van der Waals surface area contributed by atoms with E-state index in [0.29, 0.717) is 11.5 Å². The molecule has 1 rings (SSSR count). The normalized spacial score (nSPS) is 14.8. The van der Waals surface area contributed by atoms with Crippen LogP contribution in [0.15, 0.2) is 24.3 Å². The van der Waals surface area contributed by atoms with Crippen LogP contribution in [0.5, 0.6) is 0 Å².